The summed E-state index contributed by atoms with van der Waals surface area (Å²) in [5.41, 5.74) is 8.04. The van der Waals surface area contributed by atoms with Crippen molar-refractivity contribution in [2.24, 2.45) is 5.73 Å². The third kappa shape index (κ3) is 3.51. The molecule has 1 heterocycles. The van der Waals surface area contributed by atoms with Crippen LogP contribution in [0.5, 0.6) is 5.75 Å². The van der Waals surface area contributed by atoms with Gasteiger partial charge in [0.1, 0.15) is 17.8 Å². The van der Waals surface area contributed by atoms with E-state index in [1.54, 1.807) is 0 Å². The number of benzene rings is 2. The lowest BCUT2D eigenvalue weighted by Crippen LogP contribution is -2.43. The molecule has 0 radical (unpaired) electrons. The SMILES string of the molecule is CN(C)CCCC1(C(N)=O)c2ccccc2COc2ccccc21.Cl. The summed E-state index contributed by atoms with van der Waals surface area (Å²) in [7, 11) is 4.07. The molecule has 2 aromatic carbocycles. The molecular formula is C20H25ClN2O2. The Balaban J connectivity index is 0.00000225. The second kappa shape index (κ2) is 7.89. The summed E-state index contributed by atoms with van der Waals surface area (Å²) >= 11 is 0. The van der Waals surface area contributed by atoms with Gasteiger partial charge in [-0.15, -0.1) is 12.4 Å². The van der Waals surface area contributed by atoms with Gasteiger partial charge >= 0.3 is 0 Å². The Labute approximate surface area is 155 Å². The van der Waals surface area contributed by atoms with Gasteiger partial charge in [0.25, 0.3) is 0 Å². The van der Waals surface area contributed by atoms with E-state index in [9.17, 15) is 4.79 Å². The lowest BCUT2D eigenvalue weighted by atomic mass is 9.69. The van der Waals surface area contributed by atoms with Gasteiger partial charge in [0, 0.05) is 5.56 Å². The van der Waals surface area contributed by atoms with E-state index >= 15 is 0 Å². The number of amides is 1. The molecule has 1 amide bonds. The van der Waals surface area contributed by atoms with Gasteiger partial charge in [0.2, 0.25) is 5.91 Å². The van der Waals surface area contributed by atoms with E-state index < -0.39 is 5.41 Å². The molecular weight excluding hydrogens is 336 g/mol. The maximum absolute atomic E-state index is 12.8. The van der Waals surface area contributed by atoms with E-state index in [1.165, 1.54) is 0 Å². The van der Waals surface area contributed by atoms with Crippen LogP contribution in [0.25, 0.3) is 0 Å². The standard InChI is InChI=1S/C20H24N2O2.ClH/c1-22(2)13-7-12-20(19(21)23)16-9-4-3-8-15(16)14-24-18-11-6-5-10-17(18)20;/h3-6,8-11H,7,12-14H2,1-2H3,(H2,21,23);1H. The van der Waals surface area contributed by atoms with E-state index in [4.69, 9.17) is 10.5 Å². The topological polar surface area (TPSA) is 55.6 Å². The van der Waals surface area contributed by atoms with Gasteiger partial charge in [0.05, 0.1) is 0 Å². The van der Waals surface area contributed by atoms with Crippen molar-refractivity contribution in [1.29, 1.82) is 0 Å². The van der Waals surface area contributed by atoms with Crippen molar-refractivity contribution in [2.45, 2.75) is 24.9 Å². The van der Waals surface area contributed by atoms with Crippen LogP contribution in [0.2, 0.25) is 0 Å². The lowest BCUT2D eigenvalue weighted by Gasteiger charge is -2.32. The number of halogens is 1. The van der Waals surface area contributed by atoms with Crippen LogP contribution in [0.3, 0.4) is 0 Å². The number of hydrogen-bond acceptors (Lipinski definition) is 3. The molecule has 5 heteroatoms. The van der Waals surface area contributed by atoms with Crippen molar-refractivity contribution < 1.29 is 9.53 Å². The normalized spacial score (nSPS) is 18.4. The predicted octanol–water partition coefficient (Wildman–Crippen LogP) is 3.11. The minimum Gasteiger partial charge on any atom is -0.489 e. The Bertz CT molecular complexity index is 698. The average Bonchev–Trinajstić information content (AvgIpc) is 2.71. The fraction of sp³-hybridized carbons (Fsp3) is 0.350. The summed E-state index contributed by atoms with van der Waals surface area (Å²) in [5.74, 6) is 0.434. The molecule has 1 aliphatic heterocycles. The highest BCUT2D eigenvalue weighted by atomic mass is 35.5. The minimum absolute atomic E-state index is 0. The van der Waals surface area contributed by atoms with Crippen molar-refractivity contribution in [3.05, 3.63) is 65.2 Å². The van der Waals surface area contributed by atoms with Crippen molar-refractivity contribution in [3.8, 4) is 5.75 Å². The molecule has 1 aliphatic rings. The molecule has 0 aromatic heterocycles. The van der Waals surface area contributed by atoms with Crippen LogP contribution >= 0.6 is 12.4 Å². The molecule has 0 saturated heterocycles. The van der Waals surface area contributed by atoms with Crippen molar-refractivity contribution in [2.75, 3.05) is 20.6 Å². The van der Waals surface area contributed by atoms with Crippen LogP contribution in [0.4, 0.5) is 0 Å². The Hall–Kier alpha value is -2.04. The summed E-state index contributed by atoms with van der Waals surface area (Å²) < 4.78 is 5.99. The van der Waals surface area contributed by atoms with E-state index in [2.05, 4.69) is 4.90 Å². The number of primary amides is 1. The molecule has 0 saturated carbocycles. The van der Waals surface area contributed by atoms with E-state index in [1.807, 2.05) is 62.6 Å². The van der Waals surface area contributed by atoms with Gasteiger partial charge in [-0.3, -0.25) is 4.79 Å². The fourth-order valence-corrected chi connectivity index (χ4v) is 3.63. The minimum atomic E-state index is -0.848. The molecule has 134 valence electrons. The van der Waals surface area contributed by atoms with Crippen molar-refractivity contribution in [1.82, 2.24) is 4.90 Å². The van der Waals surface area contributed by atoms with Crippen LogP contribution in [0.15, 0.2) is 48.5 Å². The van der Waals surface area contributed by atoms with E-state index in [0.29, 0.717) is 13.0 Å². The zero-order valence-electron chi connectivity index (χ0n) is 14.7. The maximum atomic E-state index is 12.8. The summed E-state index contributed by atoms with van der Waals surface area (Å²) in [6.45, 7) is 1.36. The van der Waals surface area contributed by atoms with Crippen LogP contribution in [-0.2, 0) is 16.8 Å². The average molecular weight is 361 g/mol. The molecule has 25 heavy (non-hydrogen) atoms. The maximum Gasteiger partial charge on any atom is 0.232 e. The quantitative estimate of drug-likeness (QED) is 0.891. The molecule has 4 nitrogen and oxygen atoms in total. The molecule has 0 bridgehead atoms. The first-order chi connectivity index (χ1) is 11.6. The zero-order chi connectivity index (χ0) is 17.2. The molecule has 0 spiro atoms. The highest BCUT2D eigenvalue weighted by Crippen LogP contribution is 2.45. The van der Waals surface area contributed by atoms with Crippen LogP contribution in [0, 0.1) is 0 Å². The van der Waals surface area contributed by atoms with Crippen molar-refractivity contribution >= 4 is 18.3 Å². The third-order valence-electron chi connectivity index (χ3n) is 4.78. The number of hydrogen-bond donors (Lipinski definition) is 1. The van der Waals surface area contributed by atoms with E-state index in [0.717, 1.165) is 35.4 Å². The van der Waals surface area contributed by atoms with Crippen LogP contribution < -0.4 is 10.5 Å². The second-order valence-electron chi connectivity index (χ2n) is 6.62. The van der Waals surface area contributed by atoms with Gasteiger partial charge in [-0.05, 0) is 50.7 Å². The second-order valence-corrected chi connectivity index (χ2v) is 6.62. The van der Waals surface area contributed by atoms with Gasteiger partial charge in [-0.25, -0.2) is 0 Å². The Morgan fingerprint density at radius 3 is 2.44 bits per heavy atom. The molecule has 2 N–H and O–H groups in total. The predicted molar refractivity (Wildman–Crippen MR) is 102 cm³/mol. The monoisotopic (exact) mass is 360 g/mol. The number of nitrogens with two attached hydrogens (primary N) is 1. The van der Waals surface area contributed by atoms with E-state index in [-0.39, 0.29) is 18.3 Å². The molecule has 0 aliphatic carbocycles. The number of para-hydroxylation sites is 1. The number of carbonyl (C=O) groups excluding carboxylic acids is 1. The summed E-state index contributed by atoms with van der Waals surface area (Å²) in [6, 6.07) is 15.7. The zero-order valence-corrected chi connectivity index (χ0v) is 15.5. The first-order valence-electron chi connectivity index (χ1n) is 8.31. The smallest absolute Gasteiger partial charge is 0.232 e. The van der Waals surface area contributed by atoms with Crippen molar-refractivity contribution in [3.63, 3.8) is 0 Å². The Kier molecular flexibility index (Phi) is 6.09. The highest BCUT2D eigenvalue weighted by Gasteiger charge is 2.44. The first-order valence-corrected chi connectivity index (χ1v) is 8.31. The Morgan fingerprint density at radius 1 is 1.12 bits per heavy atom. The summed E-state index contributed by atoms with van der Waals surface area (Å²) in [4.78, 5) is 14.9. The van der Waals surface area contributed by atoms with Crippen LogP contribution in [-0.4, -0.2) is 31.4 Å². The number of nitrogens with zero attached hydrogens (tertiary/aromatic N) is 1. The van der Waals surface area contributed by atoms with Gasteiger partial charge in [-0.2, -0.15) is 0 Å². The Morgan fingerprint density at radius 2 is 1.76 bits per heavy atom. The summed E-state index contributed by atoms with van der Waals surface area (Å²) in [6.07, 6.45) is 1.54. The fourth-order valence-electron chi connectivity index (χ4n) is 3.63. The first kappa shape index (κ1) is 19.3. The number of carbonyl (C=O) groups is 1. The molecule has 1 atom stereocenters. The molecule has 1 unspecified atom stereocenters. The number of fused-ring (bicyclic) bond motifs is 2. The number of rotatable bonds is 5. The molecule has 3 rings (SSSR count). The van der Waals surface area contributed by atoms with Crippen LogP contribution in [0.1, 0.15) is 29.5 Å². The van der Waals surface area contributed by atoms with Gasteiger partial charge in [0.15, 0.2) is 0 Å². The molecule has 2 aromatic rings. The highest BCUT2D eigenvalue weighted by molar-refractivity contribution is 5.92. The number of ether oxygens (including phenoxy) is 1. The largest absolute Gasteiger partial charge is 0.489 e. The third-order valence-corrected chi connectivity index (χ3v) is 4.78. The molecule has 0 fully saturated rings. The van der Waals surface area contributed by atoms with Gasteiger partial charge < -0.3 is 15.4 Å². The summed E-state index contributed by atoms with van der Waals surface area (Å²) in [5, 5.41) is 0. The lowest BCUT2D eigenvalue weighted by molar-refractivity contribution is -0.122. The van der Waals surface area contributed by atoms with Gasteiger partial charge in [-0.1, -0.05) is 42.5 Å².